The highest BCUT2D eigenvalue weighted by molar-refractivity contribution is 5.93. The van der Waals surface area contributed by atoms with Gasteiger partial charge in [-0.05, 0) is 32.9 Å². The van der Waals surface area contributed by atoms with Crippen molar-refractivity contribution in [2.45, 2.75) is 38.5 Å². The number of carbonyl (C=O) groups is 3. The summed E-state index contributed by atoms with van der Waals surface area (Å²) in [5, 5.41) is 18.3. The van der Waals surface area contributed by atoms with Crippen LogP contribution in [-0.4, -0.2) is 74.0 Å². The average molecular weight is 389 g/mol. The zero-order chi connectivity index (χ0) is 20.3. The van der Waals surface area contributed by atoms with Crippen LogP contribution in [0.1, 0.15) is 41.7 Å². The van der Waals surface area contributed by atoms with Crippen molar-refractivity contribution in [2.75, 3.05) is 13.1 Å². The van der Waals surface area contributed by atoms with Gasteiger partial charge >= 0.3 is 6.09 Å². The number of aromatic amines is 2. The Hall–Kier alpha value is -3.37. The Labute approximate surface area is 161 Å². The van der Waals surface area contributed by atoms with Crippen molar-refractivity contribution < 1.29 is 19.1 Å². The first-order valence-corrected chi connectivity index (χ1v) is 8.81. The van der Waals surface area contributed by atoms with E-state index in [-0.39, 0.29) is 36.3 Å². The Morgan fingerprint density at radius 2 is 1.46 bits per heavy atom. The number of carbonyl (C=O) groups excluding carboxylic acids is 3. The Kier molecular flexibility index (Phi) is 5.34. The third-order valence-electron chi connectivity index (χ3n) is 4.10. The number of ether oxygens (including phenoxy) is 1. The number of hydrogen-bond acceptors (Lipinski definition) is 6. The standard InChI is InChI=1S/C17H23N7O4/c1-17(2,3)28-16(27)24-8-12(20-14(25)10-4-6-18-22-10)13(9-24)21-15(26)11-5-7-19-23-11/h4-7,12-13H,8-9H2,1-3H3,(H,18,22)(H,19,23)(H,20,25)(H,21,26)/t12-,13+. The van der Waals surface area contributed by atoms with E-state index in [1.165, 1.54) is 29.4 Å². The summed E-state index contributed by atoms with van der Waals surface area (Å²) in [6.07, 6.45) is 2.42. The molecule has 0 bridgehead atoms. The largest absolute Gasteiger partial charge is 0.444 e. The monoisotopic (exact) mass is 389 g/mol. The summed E-state index contributed by atoms with van der Waals surface area (Å²) >= 11 is 0. The van der Waals surface area contributed by atoms with Crippen LogP contribution in [0.15, 0.2) is 24.5 Å². The molecule has 2 atom stereocenters. The number of nitrogens with zero attached hydrogens (tertiary/aromatic N) is 3. The van der Waals surface area contributed by atoms with E-state index in [2.05, 4.69) is 31.0 Å². The summed E-state index contributed by atoms with van der Waals surface area (Å²) in [7, 11) is 0. The van der Waals surface area contributed by atoms with Gasteiger partial charge in [0.15, 0.2) is 0 Å². The van der Waals surface area contributed by atoms with Crippen molar-refractivity contribution in [3.63, 3.8) is 0 Å². The van der Waals surface area contributed by atoms with Crippen molar-refractivity contribution in [3.05, 3.63) is 35.9 Å². The lowest BCUT2D eigenvalue weighted by Gasteiger charge is -2.24. The summed E-state index contributed by atoms with van der Waals surface area (Å²) in [6.45, 7) is 5.72. The van der Waals surface area contributed by atoms with Gasteiger partial charge in [-0.3, -0.25) is 19.8 Å². The van der Waals surface area contributed by atoms with Crippen molar-refractivity contribution in [3.8, 4) is 0 Å². The fraction of sp³-hybridized carbons (Fsp3) is 0.471. The maximum atomic E-state index is 12.4. The normalized spacial score (nSPS) is 19.3. The fourth-order valence-corrected chi connectivity index (χ4v) is 2.83. The van der Waals surface area contributed by atoms with Crippen LogP contribution in [-0.2, 0) is 4.74 Å². The molecule has 1 fully saturated rings. The van der Waals surface area contributed by atoms with E-state index in [1.807, 2.05) is 0 Å². The summed E-state index contributed by atoms with van der Waals surface area (Å²) in [6, 6.07) is 2.06. The van der Waals surface area contributed by atoms with Gasteiger partial charge in [-0.25, -0.2) is 4.79 Å². The third-order valence-corrected chi connectivity index (χ3v) is 4.10. The predicted molar refractivity (Wildman–Crippen MR) is 97.5 cm³/mol. The topological polar surface area (TPSA) is 145 Å². The van der Waals surface area contributed by atoms with Crippen LogP contribution < -0.4 is 10.6 Å². The van der Waals surface area contributed by atoms with E-state index in [0.717, 1.165) is 0 Å². The van der Waals surface area contributed by atoms with E-state index < -0.39 is 23.8 Å². The Morgan fingerprint density at radius 3 is 1.82 bits per heavy atom. The van der Waals surface area contributed by atoms with E-state index in [4.69, 9.17) is 4.74 Å². The highest BCUT2D eigenvalue weighted by Crippen LogP contribution is 2.17. The van der Waals surface area contributed by atoms with Gasteiger partial charge in [0.1, 0.15) is 17.0 Å². The molecule has 11 nitrogen and oxygen atoms in total. The molecule has 28 heavy (non-hydrogen) atoms. The molecule has 0 spiro atoms. The molecule has 4 N–H and O–H groups in total. The highest BCUT2D eigenvalue weighted by Gasteiger charge is 2.39. The molecule has 2 aromatic rings. The lowest BCUT2D eigenvalue weighted by molar-refractivity contribution is 0.0286. The van der Waals surface area contributed by atoms with Gasteiger partial charge < -0.3 is 20.3 Å². The molecule has 1 aliphatic heterocycles. The molecular formula is C17H23N7O4. The summed E-state index contributed by atoms with van der Waals surface area (Å²) < 4.78 is 5.40. The van der Waals surface area contributed by atoms with Gasteiger partial charge in [-0.15, -0.1) is 0 Å². The number of H-pyrrole nitrogens is 2. The fourth-order valence-electron chi connectivity index (χ4n) is 2.83. The smallest absolute Gasteiger partial charge is 0.410 e. The molecule has 1 aliphatic rings. The molecule has 1 saturated heterocycles. The van der Waals surface area contributed by atoms with Crippen molar-refractivity contribution in [1.29, 1.82) is 0 Å². The van der Waals surface area contributed by atoms with Gasteiger partial charge in [-0.1, -0.05) is 0 Å². The molecule has 0 aromatic carbocycles. The third kappa shape index (κ3) is 4.67. The first-order chi connectivity index (χ1) is 13.2. The number of amides is 3. The molecule has 0 radical (unpaired) electrons. The van der Waals surface area contributed by atoms with Crippen LogP contribution in [0.25, 0.3) is 0 Å². The second kappa shape index (κ2) is 7.71. The summed E-state index contributed by atoms with van der Waals surface area (Å²) in [5.41, 5.74) is -0.0769. The van der Waals surface area contributed by atoms with Crippen LogP contribution >= 0.6 is 0 Å². The maximum Gasteiger partial charge on any atom is 0.410 e. The minimum Gasteiger partial charge on any atom is -0.444 e. The number of nitrogens with one attached hydrogen (secondary N) is 4. The lowest BCUT2D eigenvalue weighted by Crippen LogP contribution is -2.51. The molecule has 150 valence electrons. The zero-order valence-corrected chi connectivity index (χ0v) is 15.9. The Morgan fingerprint density at radius 1 is 1.00 bits per heavy atom. The predicted octanol–water partition coefficient (Wildman–Crippen LogP) is 0.281. The first-order valence-electron chi connectivity index (χ1n) is 8.81. The molecule has 3 rings (SSSR count). The van der Waals surface area contributed by atoms with Crippen molar-refractivity contribution >= 4 is 17.9 Å². The first kappa shape index (κ1) is 19.4. The van der Waals surface area contributed by atoms with E-state index in [0.29, 0.717) is 0 Å². The molecule has 11 heteroatoms. The van der Waals surface area contributed by atoms with Crippen LogP contribution in [0.5, 0.6) is 0 Å². The quantitative estimate of drug-likeness (QED) is 0.591. The minimum atomic E-state index is -0.650. The van der Waals surface area contributed by atoms with E-state index >= 15 is 0 Å². The maximum absolute atomic E-state index is 12.4. The number of rotatable bonds is 4. The lowest BCUT2D eigenvalue weighted by atomic mass is 10.1. The molecular weight excluding hydrogens is 366 g/mol. The van der Waals surface area contributed by atoms with Gasteiger partial charge in [-0.2, -0.15) is 10.2 Å². The molecule has 0 aliphatic carbocycles. The van der Waals surface area contributed by atoms with Crippen LogP contribution in [0.3, 0.4) is 0 Å². The van der Waals surface area contributed by atoms with Crippen LogP contribution in [0, 0.1) is 0 Å². The molecule has 3 amide bonds. The Balaban J connectivity index is 1.72. The van der Waals surface area contributed by atoms with Gasteiger partial charge in [0.2, 0.25) is 0 Å². The van der Waals surface area contributed by atoms with Crippen molar-refractivity contribution in [1.82, 2.24) is 35.9 Å². The van der Waals surface area contributed by atoms with Crippen molar-refractivity contribution in [2.24, 2.45) is 0 Å². The zero-order valence-electron chi connectivity index (χ0n) is 15.9. The second-order valence-electron chi connectivity index (χ2n) is 7.49. The second-order valence-corrected chi connectivity index (χ2v) is 7.49. The minimum absolute atomic E-state index is 0.197. The van der Waals surface area contributed by atoms with E-state index in [9.17, 15) is 14.4 Å². The average Bonchev–Trinajstić information content (AvgIpc) is 3.36. The molecule has 0 saturated carbocycles. The Bertz CT molecular complexity index is 770. The van der Waals surface area contributed by atoms with Gasteiger partial charge in [0, 0.05) is 25.5 Å². The van der Waals surface area contributed by atoms with Gasteiger partial charge in [0.25, 0.3) is 11.8 Å². The molecule has 3 heterocycles. The number of likely N-dealkylation sites (tertiary alicyclic amines) is 1. The SMILES string of the molecule is CC(C)(C)OC(=O)N1C[C@H](NC(=O)c2ccn[nH]2)[C@H](NC(=O)c2ccn[nH]2)C1. The van der Waals surface area contributed by atoms with Crippen LogP contribution in [0.4, 0.5) is 4.79 Å². The molecule has 2 aromatic heterocycles. The number of hydrogen-bond donors (Lipinski definition) is 4. The summed E-state index contributed by atoms with van der Waals surface area (Å²) in [5.74, 6) is -0.761. The van der Waals surface area contributed by atoms with Crippen LogP contribution in [0.2, 0.25) is 0 Å². The number of aromatic nitrogens is 4. The van der Waals surface area contributed by atoms with E-state index in [1.54, 1.807) is 20.8 Å². The highest BCUT2D eigenvalue weighted by atomic mass is 16.6. The molecule has 0 unspecified atom stereocenters. The van der Waals surface area contributed by atoms with Gasteiger partial charge in [0.05, 0.1) is 12.1 Å². The summed E-state index contributed by atoms with van der Waals surface area (Å²) in [4.78, 5) is 38.6.